The molecule has 4 nitrogen and oxygen atoms in total. The molecule has 0 saturated carbocycles. The molecule has 0 amide bonds. The van der Waals surface area contributed by atoms with E-state index in [0.717, 1.165) is 27.8 Å². The van der Waals surface area contributed by atoms with E-state index >= 15 is 0 Å². The highest BCUT2D eigenvalue weighted by molar-refractivity contribution is 7.89. The molecule has 0 fully saturated rings. The molecule has 1 rings (SSSR count). The number of nitrogens with two attached hydrogens (primary N) is 1. The van der Waals surface area contributed by atoms with Gasteiger partial charge in [-0.15, -0.1) is 12.4 Å². The Labute approximate surface area is 135 Å². The zero-order chi connectivity index (χ0) is 15.8. The van der Waals surface area contributed by atoms with Crippen LogP contribution in [0.2, 0.25) is 0 Å². The lowest BCUT2D eigenvalue weighted by Crippen LogP contribution is -2.40. The van der Waals surface area contributed by atoms with Crippen LogP contribution < -0.4 is 5.73 Å². The number of hydrogen-bond acceptors (Lipinski definition) is 3. The Morgan fingerprint density at radius 1 is 0.952 bits per heavy atom. The van der Waals surface area contributed by atoms with Crippen LogP contribution in [0.5, 0.6) is 0 Å². The van der Waals surface area contributed by atoms with Gasteiger partial charge in [-0.2, -0.15) is 4.31 Å². The zero-order valence-electron chi connectivity index (χ0n) is 13.9. The van der Waals surface area contributed by atoms with E-state index in [1.54, 1.807) is 7.05 Å². The van der Waals surface area contributed by atoms with Gasteiger partial charge in [0.2, 0.25) is 10.0 Å². The van der Waals surface area contributed by atoms with Crippen molar-refractivity contribution >= 4 is 22.4 Å². The topological polar surface area (TPSA) is 63.4 Å². The minimum atomic E-state index is -3.52. The van der Waals surface area contributed by atoms with E-state index in [0.29, 0.717) is 11.4 Å². The smallest absolute Gasteiger partial charge is 0.243 e. The molecule has 6 heteroatoms. The molecular formula is C15H27ClN2O2S. The second-order valence-corrected chi connectivity index (χ2v) is 7.49. The third kappa shape index (κ3) is 3.42. The summed E-state index contributed by atoms with van der Waals surface area (Å²) >= 11 is 0. The first-order valence-electron chi connectivity index (χ1n) is 6.82. The van der Waals surface area contributed by atoms with Gasteiger partial charge in [-0.1, -0.05) is 0 Å². The fourth-order valence-electron chi connectivity index (χ4n) is 2.38. The van der Waals surface area contributed by atoms with Crippen molar-refractivity contribution in [2.45, 2.75) is 52.5 Å². The van der Waals surface area contributed by atoms with E-state index in [1.165, 1.54) is 4.31 Å². The predicted octanol–water partition coefficient (Wildman–Crippen LogP) is 2.62. The highest BCUT2D eigenvalue weighted by Gasteiger charge is 2.29. The molecule has 21 heavy (non-hydrogen) atoms. The Bertz CT molecular complexity index is 598. The molecule has 1 atom stereocenters. The summed E-state index contributed by atoms with van der Waals surface area (Å²) in [6, 6.07) is -0.222. The maximum absolute atomic E-state index is 12.9. The van der Waals surface area contributed by atoms with Crippen LogP contribution in [-0.2, 0) is 10.0 Å². The van der Waals surface area contributed by atoms with E-state index < -0.39 is 10.0 Å². The summed E-state index contributed by atoms with van der Waals surface area (Å²) in [5, 5.41) is 0. The van der Waals surface area contributed by atoms with Crippen LogP contribution in [-0.4, -0.2) is 32.4 Å². The molecule has 122 valence electrons. The quantitative estimate of drug-likeness (QED) is 0.920. The second-order valence-electron chi connectivity index (χ2n) is 5.56. The van der Waals surface area contributed by atoms with Crippen molar-refractivity contribution in [1.82, 2.24) is 4.31 Å². The molecule has 0 aliphatic carbocycles. The van der Waals surface area contributed by atoms with Crippen molar-refractivity contribution in [1.29, 1.82) is 0 Å². The molecule has 0 spiro atoms. The van der Waals surface area contributed by atoms with Crippen molar-refractivity contribution < 1.29 is 8.42 Å². The van der Waals surface area contributed by atoms with Gasteiger partial charge >= 0.3 is 0 Å². The number of hydrogen-bond donors (Lipinski definition) is 1. The lowest BCUT2D eigenvalue weighted by molar-refractivity contribution is 0.394. The Hall–Kier alpha value is -0.620. The van der Waals surface area contributed by atoms with Crippen LogP contribution >= 0.6 is 12.4 Å². The van der Waals surface area contributed by atoms with Gasteiger partial charge in [0.25, 0.3) is 0 Å². The monoisotopic (exact) mass is 334 g/mol. The van der Waals surface area contributed by atoms with Crippen LogP contribution in [0.15, 0.2) is 4.90 Å². The van der Waals surface area contributed by atoms with Gasteiger partial charge in [-0.05, 0) is 69.4 Å². The van der Waals surface area contributed by atoms with E-state index in [1.807, 2.05) is 41.5 Å². The molecule has 1 aromatic rings. The SMILES string of the molecule is Cc1c(C)c(C)c(S(=O)(=O)N(C)C(C)CN)c(C)c1C.Cl. The molecule has 0 bridgehead atoms. The van der Waals surface area contributed by atoms with Crippen molar-refractivity contribution in [2.24, 2.45) is 5.73 Å². The van der Waals surface area contributed by atoms with Gasteiger partial charge in [0.1, 0.15) is 0 Å². The van der Waals surface area contributed by atoms with E-state index in [4.69, 9.17) is 5.73 Å². The number of rotatable bonds is 4. The van der Waals surface area contributed by atoms with Gasteiger partial charge in [-0.25, -0.2) is 8.42 Å². The van der Waals surface area contributed by atoms with Gasteiger partial charge in [0.05, 0.1) is 4.90 Å². The third-order valence-electron chi connectivity index (χ3n) is 4.53. The Balaban J connectivity index is 0.00000400. The summed E-state index contributed by atoms with van der Waals surface area (Å²) in [7, 11) is -1.93. The molecule has 0 saturated heterocycles. The van der Waals surface area contributed by atoms with Crippen LogP contribution in [0.3, 0.4) is 0 Å². The molecular weight excluding hydrogens is 308 g/mol. The molecule has 0 aromatic heterocycles. The van der Waals surface area contributed by atoms with Crippen molar-refractivity contribution in [3.63, 3.8) is 0 Å². The molecule has 0 radical (unpaired) electrons. The Morgan fingerprint density at radius 2 is 1.29 bits per heavy atom. The average molecular weight is 335 g/mol. The Kier molecular flexibility index (Phi) is 6.88. The lowest BCUT2D eigenvalue weighted by atomic mass is 9.95. The largest absolute Gasteiger partial charge is 0.329 e. The summed E-state index contributed by atoms with van der Waals surface area (Å²) in [6.45, 7) is 11.9. The number of benzene rings is 1. The van der Waals surface area contributed by atoms with Crippen LogP contribution in [0.1, 0.15) is 34.7 Å². The minimum Gasteiger partial charge on any atom is -0.329 e. The van der Waals surface area contributed by atoms with E-state index in [-0.39, 0.29) is 18.4 Å². The van der Waals surface area contributed by atoms with Crippen LogP contribution in [0.4, 0.5) is 0 Å². The number of likely N-dealkylation sites (N-methyl/N-ethyl adjacent to an activating group) is 1. The standard InChI is InChI=1S/C15H26N2O2S.ClH/c1-9(8-16)17(7)20(18,19)15-13(5)11(3)10(2)12(4)14(15)6;/h9H,8,16H2,1-7H3;1H. The maximum Gasteiger partial charge on any atom is 0.243 e. The van der Waals surface area contributed by atoms with Crippen LogP contribution in [0.25, 0.3) is 0 Å². The van der Waals surface area contributed by atoms with Crippen LogP contribution in [0, 0.1) is 34.6 Å². The minimum absolute atomic E-state index is 0. The average Bonchev–Trinajstić information content (AvgIpc) is 2.41. The number of sulfonamides is 1. The summed E-state index contributed by atoms with van der Waals surface area (Å²) in [5.74, 6) is 0. The lowest BCUT2D eigenvalue weighted by Gasteiger charge is -2.26. The molecule has 1 unspecified atom stereocenters. The second kappa shape index (κ2) is 7.09. The van der Waals surface area contributed by atoms with Gasteiger partial charge in [0.15, 0.2) is 0 Å². The molecule has 1 aromatic carbocycles. The molecule has 0 heterocycles. The van der Waals surface area contributed by atoms with Crippen molar-refractivity contribution in [2.75, 3.05) is 13.6 Å². The number of nitrogens with zero attached hydrogens (tertiary/aromatic N) is 1. The Morgan fingerprint density at radius 3 is 1.62 bits per heavy atom. The molecule has 0 aliphatic heterocycles. The van der Waals surface area contributed by atoms with E-state index in [2.05, 4.69) is 0 Å². The summed E-state index contributed by atoms with van der Waals surface area (Å²) < 4.78 is 27.1. The normalized spacial score (nSPS) is 13.2. The fourth-order valence-corrected chi connectivity index (χ4v) is 4.31. The van der Waals surface area contributed by atoms with Gasteiger partial charge in [-0.3, -0.25) is 0 Å². The first-order chi connectivity index (χ1) is 9.07. The predicted molar refractivity (Wildman–Crippen MR) is 90.8 cm³/mol. The molecule has 0 aliphatic rings. The highest BCUT2D eigenvalue weighted by Crippen LogP contribution is 2.31. The van der Waals surface area contributed by atoms with Gasteiger partial charge < -0.3 is 5.73 Å². The fraction of sp³-hybridized carbons (Fsp3) is 0.600. The zero-order valence-corrected chi connectivity index (χ0v) is 15.6. The highest BCUT2D eigenvalue weighted by atomic mass is 35.5. The first kappa shape index (κ1) is 20.4. The molecule has 2 N–H and O–H groups in total. The summed E-state index contributed by atoms with van der Waals surface area (Å²) in [5.41, 5.74) is 10.5. The van der Waals surface area contributed by atoms with Crippen molar-refractivity contribution in [3.05, 3.63) is 27.8 Å². The summed E-state index contributed by atoms with van der Waals surface area (Å²) in [4.78, 5) is 0.431. The van der Waals surface area contributed by atoms with Gasteiger partial charge in [0, 0.05) is 19.6 Å². The first-order valence-corrected chi connectivity index (χ1v) is 8.26. The summed E-state index contributed by atoms with van der Waals surface area (Å²) in [6.07, 6.45) is 0. The number of halogens is 1. The third-order valence-corrected chi connectivity index (χ3v) is 6.78. The van der Waals surface area contributed by atoms with E-state index in [9.17, 15) is 8.42 Å². The van der Waals surface area contributed by atoms with Crippen molar-refractivity contribution in [3.8, 4) is 0 Å². The maximum atomic E-state index is 12.9.